The third kappa shape index (κ3) is 2.12. The molecule has 1 N–H and O–H groups in total. The first-order chi connectivity index (χ1) is 5.77. The molecule has 0 aliphatic rings. The Labute approximate surface area is 103 Å². The van der Waals surface area contributed by atoms with Crippen molar-refractivity contribution in [1.29, 1.82) is 0 Å². The maximum atomic E-state index is 5.44. The van der Waals surface area contributed by atoms with Crippen LogP contribution < -0.4 is 0 Å². The number of rotatable bonds is 1. The molecule has 0 saturated heterocycles. The Kier molecular flexibility index (Phi) is 3.51. The van der Waals surface area contributed by atoms with E-state index in [-0.39, 0.29) is 32.7 Å². The summed E-state index contributed by atoms with van der Waals surface area (Å²) in [5.41, 5.74) is 1.90. The largest absolute Gasteiger partial charge is 0.599 e. The number of hydrogen-bond acceptors (Lipinski definition) is 1. The van der Waals surface area contributed by atoms with Gasteiger partial charge in [-0.2, -0.15) is 6.07 Å². The molecule has 0 aliphatic heterocycles. The van der Waals surface area contributed by atoms with Gasteiger partial charge in [0.15, 0.2) is 0 Å². The van der Waals surface area contributed by atoms with E-state index in [4.69, 9.17) is 4.42 Å². The summed E-state index contributed by atoms with van der Waals surface area (Å²) in [6, 6.07) is 7.95. The first-order valence-electron chi connectivity index (χ1n) is 3.82. The molecule has 2 heterocycles. The topological polar surface area (TPSA) is 28.9 Å². The van der Waals surface area contributed by atoms with Gasteiger partial charge in [-0.3, -0.25) is 0 Å². The molecule has 2 rings (SSSR count). The first kappa shape index (κ1) is 10.7. The van der Waals surface area contributed by atoms with Crippen LogP contribution in [0.15, 0.2) is 16.7 Å². The summed E-state index contributed by atoms with van der Waals surface area (Å²) >= 11 is 0. The number of furan rings is 1. The van der Waals surface area contributed by atoms with Gasteiger partial charge in [0.25, 0.3) is 0 Å². The van der Waals surface area contributed by atoms with Gasteiger partial charge in [0.05, 0.1) is 0 Å². The van der Waals surface area contributed by atoms with Crippen LogP contribution in [-0.4, -0.2) is 4.98 Å². The van der Waals surface area contributed by atoms with E-state index < -0.39 is 0 Å². The number of hydrogen-bond donors (Lipinski definition) is 1. The third-order valence-corrected chi connectivity index (χ3v) is 1.85. The van der Waals surface area contributed by atoms with Gasteiger partial charge in [-0.1, -0.05) is 19.6 Å². The maximum absolute atomic E-state index is 5.44. The zero-order chi connectivity index (χ0) is 8.55. The minimum Gasteiger partial charge on any atom is -0.599 e. The fourth-order valence-electron chi connectivity index (χ4n) is 1.05. The van der Waals surface area contributed by atoms with Crippen LogP contribution in [0.25, 0.3) is 11.5 Å². The minimum absolute atomic E-state index is 0. The Morgan fingerprint density at radius 2 is 2.15 bits per heavy atom. The van der Waals surface area contributed by atoms with E-state index in [0.717, 1.165) is 22.8 Å². The van der Waals surface area contributed by atoms with Crippen LogP contribution in [0.1, 0.15) is 11.3 Å². The van der Waals surface area contributed by atoms with E-state index in [1.165, 1.54) is 0 Å². The normalized spacial score (nSPS) is 9.69. The van der Waals surface area contributed by atoms with Gasteiger partial charge < -0.3 is 9.40 Å². The molecule has 0 spiro atoms. The average Bonchev–Trinajstić information content (AvgIpc) is 2.61. The summed E-state index contributed by atoms with van der Waals surface area (Å²) in [5.74, 6) is 1.64. The van der Waals surface area contributed by atoms with E-state index in [0.29, 0.717) is 0 Å². The van der Waals surface area contributed by atoms with Crippen LogP contribution in [-0.2, 0) is 32.7 Å². The number of aromatic amines is 1. The van der Waals surface area contributed by atoms with Crippen LogP contribution in [0.5, 0.6) is 0 Å². The van der Waals surface area contributed by atoms with E-state index in [2.05, 4.69) is 17.1 Å². The van der Waals surface area contributed by atoms with Crippen LogP contribution in [0.2, 0.25) is 0 Å². The molecule has 0 aliphatic carbocycles. The monoisotopic (exact) mass is 248 g/mol. The fraction of sp³-hybridized carbons (Fsp3) is 0.200. The standard InChI is InChI=1S/C10H9NO.Y/c1-7-6-10(12-8(7)2)9-4-3-5-11-9;/h3,5,11H,1-2H3;/q-2;. The molecule has 2 aromatic heterocycles. The van der Waals surface area contributed by atoms with Gasteiger partial charge in [-0.25, -0.2) is 12.1 Å². The number of H-pyrrole nitrogens is 1. The summed E-state index contributed by atoms with van der Waals surface area (Å²) in [6.07, 6.45) is 1.82. The van der Waals surface area contributed by atoms with Gasteiger partial charge in [0.1, 0.15) is 0 Å². The van der Waals surface area contributed by atoms with Crippen molar-refractivity contribution in [2.45, 2.75) is 13.8 Å². The number of nitrogens with one attached hydrogen (secondary N) is 1. The molecule has 2 nitrogen and oxygen atoms in total. The first-order valence-corrected chi connectivity index (χ1v) is 3.82. The second kappa shape index (κ2) is 4.25. The molecule has 0 fully saturated rings. The molecule has 2 aromatic rings. The van der Waals surface area contributed by atoms with Gasteiger partial charge in [0.2, 0.25) is 0 Å². The second-order valence-electron chi connectivity index (χ2n) is 2.73. The zero-order valence-corrected chi connectivity index (χ0v) is 10.5. The van der Waals surface area contributed by atoms with E-state index >= 15 is 0 Å². The zero-order valence-electron chi connectivity index (χ0n) is 7.64. The summed E-state index contributed by atoms with van der Waals surface area (Å²) in [4.78, 5) is 3.01. The smallest absolute Gasteiger partial charge is 0 e. The minimum atomic E-state index is 0. The molecule has 3 heteroatoms. The van der Waals surface area contributed by atoms with Crippen molar-refractivity contribution in [3.63, 3.8) is 0 Å². The van der Waals surface area contributed by atoms with Crippen molar-refractivity contribution in [2.75, 3.05) is 0 Å². The summed E-state index contributed by atoms with van der Waals surface area (Å²) in [5, 5.41) is 0. The molecular weight excluding hydrogens is 239 g/mol. The summed E-state index contributed by atoms with van der Waals surface area (Å²) in [6.45, 7) is 3.91. The maximum Gasteiger partial charge on any atom is 0 e. The molecule has 0 bridgehead atoms. The van der Waals surface area contributed by atoms with Crippen LogP contribution in [0.3, 0.4) is 0 Å². The number of aromatic nitrogens is 1. The Balaban J connectivity index is 0.000000845. The molecule has 0 amide bonds. The summed E-state index contributed by atoms with van der Waals surface area (Å²) < 4.78 is 5.44. The van der Waals surface area contributed by atoms with Crippen molar-refractivity contribution >= 4 is 0 Å². The molecule has 13 heavy (non-hydrogen) atoms. The van der Waals surface area contributed by atoms with Crippen molar-refractivity contribution in [2.24, 2.45) is 0 Å². The fourth-order valence-corrected chi connectivity index (χ4v) is 1.05. The Morgan fingerprint density at radius 1 is 1.38 bits per heavy atom. The van der Waals surface area contributed by atoms with Crippen LogP contribution in [0.4, 0.5) is 0 Å². The Hall–Kier alpha value is -0.336. The van der Waals surface area contributed by atoms with E-state index in [9.17, 15) is 0 Å². The molecule has 0 saturated carbocycles. The SMILES string of the molecule is Cc1[c-]c(-c2[c-]cc[nH]2)oc1C.[Y]. The van der Waals surface area contributed by atoms with Crippen LogP contribution >= 0.6 is 0 Å². The Morgan fingerprint density at radius 3 is 2.62 bits per heavy atom. The van der Waals surface area contributed by atoms with Gasteiger partial charge in [0, 0.05) is 32.7 Å². The van der Waals surface area contributed by atoms with E-state index in [1.807, 2.05) is 26.1 Å². The molecular formula is C10H9NOY-2. The van der Waals surface area contributed by atoms with Gasteiger partial charge in [-0.05, 0) is 5.76 Å². The number of aryl methyl sites for hydroxylation is 2. The van der Waals surface area contributed by atoms with E-state index in [1.54, 1.807) is 0 Å². The van der Waals surface area contributed by atoms with Gasteiger partial charge in [-0.15, -0.1) is 17.5 Å². The molecule has 0 atom stereocenters. The molecule has 65 valence electrons. The molecule has 0 unspecified atom stereocenters. The summed E-state index contributed by atoms with van der Waals surface area (Å²) in [7, 11) is 0. The average molecular weight is 248 g/mol. The second-order valence-corrected chi connectivity index (χ2v) is 2.73. The van der Waals surface area contributed by atoms with Crippen LogP contribution in [0, 0.1) is 26.0 Å². The molecule has 0 aromatic carbocycles. The Bertz CT molecular complexity index is 356. The predicted octanol–water partition coefficient (Wildman–Crippen LogP) is 2.49. The quantitative estimate of drug-likeness (QED) is 0.772. The third-order valence-electron chi connectivity index (χ3n) is 1.85. The van der Waals surface area contributed by atoms with Crippen molar-refractivity contribution < 1.29 is 37.1 Å². The van der Waals surface area contributed by atoms with Gasteiger partial charge >= 0.3 is 0 Å². The predicted molar refractivity (Wildman–Crippen MR) is 45.6 cm³/mol. The molecule has 1 radical (unpaired) electrons. The van der Waals surface area contributed by atoms with Crippen molar-refractivity contribution in [1.82, 2.24) is 4.98 Å². The van der Waals surface area contributed by atoms with Crippen molar-refractivity contribution in [3.05, 3.63) is 35.7 Å². The van der Waals surface area contributed by atoms with Crippen molar-refractivity contribution in [3.8, 4) is 11.5 Å².